The van der Waals surface area contributed by atoms with Crippen molar-refractivity contribution in [2.75, 3.05) is 12.3 Å². The Bertz CT molecular complexity index is 823. The fourth-order valence-electron chi connectivity index (χ4n) is 2.31. The van der Waals surface area contributed by atoms with E-state index in [0.717, 1.165) is 5.56 Å². The van der Waals surface area contributed by atoms with Gasteiger partial charge < -0.3 is 5.32 Å². The molecule has 2 aromatic rings. The van der Waals surface area contributed by atoms with Crippen LogP contribution in [0.25, 0.3) is 0 Å². The zero-order chi connectivity index (χ0) is 18.3. The van der Waals surface area contributed by atoms with E-state index in [1.54, 1.807) is 42.5 Å². The highest BCUT2D eigenvalue weighted by molar-refractivity contribution is 7.91. The second kappa shape index (κ2) is 9.22. The summed E-state index contributed by atoms with van der Waals surface area (Å²) < 4.78 is 24.2. The van der Waals surface area contributed by atoms with Gasteiger partial charge >= 0.3 is 0 Å². The lowest BCUT2D eigenvalue weighted by molar-refractivity contribution is -0.121. The third-order valence-corrected chi connectivity index (χ3v) is 6.12. The first kappa shape index (κ1) is 19.8. The van der Waals surface area contributed by atoms with Crippen LogP contribution in [0.5, 0.6) is 0 Å². The maximum atomic E-state index is 12.1. The number of carbonyl (C=O) groups is 1. The topological polar surface area (TPSA) is 63.2 Å². The summed E-state index contributed by atoms with van der Waals surface area (Å²) >= 11 is 11.8. The lowest BCUT2D eigenvalue weighted by Crippen LogP contribution is -2.29. The summed E-state index contributed by atoms with van der Waals surface area (Å²) in [5.74, 6) is -0.279. The van der Waals surface area contributed by atoms with Crippen molar-refractivity contribution in [1.29, 1.82) is 0 Å². The van der Waals surface area contributed by atoms with Gasteiger partial charge in [0.2, 0.25) is 5.91 Å². The number of halogens is 2. The van der Waals surface area contributed by atoms with Gasteiger partial charge in [-0.2, -0.15) is 0 Å². The Morgan fingerprint density at radius 2 is 1.72 bits per heavy atom. The minimum absolute atomic E-state index is 0.100. The van der Waals surface area contributed by atoms with E-state index in [4.69, 9.17) is 23.2 Å². The molecule has 25 heavy (non-hydrogen) atoms. The zero-order valence-corrected chi connectivity index (χ0v) is 15.9. The molecule has 1 N–H and O–H groups in total. The molecule has 4 nitrogen and oxygen atoms in total. The molecule has 2 rings (SSSR count). The van der Waals surface area contributed by atoms with Crippen molar-refractivity contribution in [3.05, 3.63) is 64.1 Å². The molecule has 0 aromatic heterocycles. The van der Waals surface area contributed by atoms with E-state index >= 15 is 0 Å². The highest BCUT2D eigenvalue weighted by Gasteiger charge is 2.13. The Morgan fingerprint density at radius 3 is 2.40 bits per heavy atom. The lowest BCUT2D eigenvalue weighted by Gasteiger charge is -2.07. The van der Waals surface area contributed by atoms with Crippen LogP contribution < -0.4 is 5.32 Å². The Morgan fingerprint density at radius 1 is 1.00 bits per heavy atom. The summed E-state index contributed by atoms with van der Waals surface area (Å²) in [4.78, 5) is 12.1. The Kier molecular flexibility index (Phi) is 7.29. The number of sulfone groups is 1. The van der Waals surface area contributed by atoms with Gasteiger partial charge in [0.15, 0.2) is 9.84 Å². The largest absolute Gasteiger partial charge is 0.355 e. The van der Waals surface area contributed by atoms with E-state index < -0.39 is 9.84 Å². The molecule has 0 aliphatic carbocycles. The van der Waals surface area contributed by atoms with Gasteiger partial charge in [0.1, 0.15) is 0 Å². The van der Waals surface area contributed by atoms with Crippen LogP contribution in [-0.2, 0) is 21.1 Å². The molecule has 0 bridgehead atoms. The molecular weight excluding hydrogens is 381 g/mol. The first-order valence-corrected chi connectivity index (χ1v) is 10.3. The third-order valence-electron chi connectivity index (χ3n) is 3.65. The second-order valence-corrected chi connectivity index (χ2v) is 8.51. The van der Waals surface area contributed by atoms with Crippen LogP contribution in [0.3, 0.4) is 0 Å². The van der Waals surface area contributed by atoms with Gasteiger partial charge in [0, 0.05) is 13.0 Å². The van der Waals surface area contributed by atoms with E-state index in [2.05, 4.69) is 5.32 Å². The van der Waals surface area contributed by atoms with E-state index in [1.165, 1.54) is 0 Å². The molecule has 0 aliphatic rings. The molecule has 0 spiro atoms. The van der Waals surface area contributed by atoms with Gasteiger partial charge in [-0.3, -0.25) is 4.79 Å². The second-order valence-electron chi connectivity index (χ2n) is 5.58. The standard InChI is InChI=1S/C18H19Cl2NO3S/c19-16-10-9-14(13-17(16)20)5-4-8-18(22)21-11-12-25(23,24)15-6-2-1-3-7-15/h1-3,6-7,9-10,13H,4-5,8,11-12H2,(H,21,22). The predicted molar refractivity (Wildman–Crippen MR) is 101 cm³/mol. The van der Waals surface area contributed by atoms with Crippen LogP contribution in [0.15, 0.2) is 53.4 Å². The Hall–Kier alpha value is -1.56. The molecule has 0 unspecified atom stereocenters. The van der Waals surface area contributed by atoms with Crippen LogP contribution in [0.2, 0.25) is 10.0 Å². The highest BCUT2D eigenvalue weighted by Crippen LogP contribution is 2.23. The number of amides is 1. The number of benzene rings is 2. The molecule has 2 aromatic carbocycles. The number of nitrogens with one attached hydrogen (secondary N) is 1. The van der Waals surface area contributed by atoms with Crippen molar-refractivity contribution in [1.82, 2.24) is 5.32 Å². The third kappa shape index (κ3) is 6.34. The normalized spacial score (nSPS) is 11.3. The van der Waals surface area contributed by atoms with E-state index in [9.17, 15) is 13.2 Å². The summed E-state index contributed by atoms with van der Waals surface area (Å²) in [5.41, 5.74) is 1.01. The van der Waals surface area contributed by atoms with Crippen LogP contribution in [0, 0.1) is 0 Å². The van der Waals surface area contributed by atoms with E-state index in [1.807, 2.05) is 6.07 Å². The van der Waals surface area contributed by atoms with Crippen molar-refractivity contribution in [2.24, 2.45) is 0 Å². The summed E-state index contributed by atoms with van der Waals surface area (Å²) in [6, 6.07) is 13.6. The van der Waals surface area contributed by atoms with Crippen molar-refractivity contribution >= 4 is 38.9 Å². The van der Waals surface area contributed by atoms with Gasteiger partial charge in [-0.05, 0) is 42.7 Å². The van der Waals surface area contributed by atoms with E-state index in [0.29, 0.717) is 29.3 Å². The molecule has 0 fully saturated rings. The summed E-state index contributed by atoms with van der Waals surface area (Å²) in [6.45, 7) is 0.100. The molecule has 0 saturated heterocycles. The van der Waals surface area contributed by atoms with Crippen molar-refractivity contribution in [3.63, 3.8) is 0 Å². The number of hydrogen-bond donors (Lipinski definition) is 1. The first-order valence-electron chi connectivity index (χ1n) is 7.87. The Labute approximate surface area is 158 Å². The number of rotatable bonds is 8. The van der Waals surface area contributed by atoms with Crippen molar-refractivity contribution < 1.29 is 13.2 Å². The number of hydrogen-bond acceptors (Lipinski definition) is 3. The average Bonchev–Trinajstić information content (AvgIpc) is 2.59. The van der Waals surface area contributed by atoms with Gasteiger partial charge in [0.05, 0.1) is 20.7 Å². The molecule has 0 atom stereocenters. The van der Waals surface area contributed by atoms with Crippen LogP contribution >= 0.6 is 23.2 Å². The summed E-state index contributed by atoms with van der Waals surface area (Å²) in [6.07, 6.45) is 1.67. The minimum Gasteiger partial charge on any atom is -0.355 e. The summed E-state index contributed by atoms with van der Waals surface area (Å²) in [7, 11) is -3.37. The molecule has 1 amide bonds. The Balaban J connectivity index is 1.71. The average molecular weight is 400 g/mol. The molecule has 7 heteroatoms. The van der Waals surface area contributed by atoms with Crippen LogP contribution in [-0.4, -0.2) is 26.6 Å². The fourth-order valence-corrected chi connectivity index (χ4v) is 3.81. The smallest absolute Gasteiger partial charge is 0.220 e. The minimum atomic E-state index is -3.37. The molecular formula is C18H19Cl2NO3S. The first-order chi connectivity index (χ1) is 11.9. The van der Waals surface area contributed by atoms with Crippen LogP contribution in [0.1, 0.15) is 18.4 Å². The van der Waals surface area contributed by atoms with Gasteiger partial charge in [-0.15, -0.1) is 0 Å². The molecule has 134 valence electrons. The van der Waals surface area contributed by atoms with E-state index in [-0.39, 0.29) is 23.1 Å². The maximum Gasteiger partial charge on any atom is 0.220 e. The summed E-state index contributed by atoms with van der Waals surface area (Å²) in [5, 5.41) is 3.65. The molecule has 0 radical (unpaired) electrons. The molecule has 0 saturated carbocycles. The van der Waals surface area contributed by atoms with Crippen LogP contribution in [0.4, 0.5) is 0 Å². The predicted octanol–water partition coefficient (Wildman–Crippen LogP) is 3.91. The van der Waals surface area contributed by atoms with Gasteiger partial charge in [-0.1, -0.05) is 47.5 Å². The quantitative estimate of drug-likeness (QED) is 0.731. The molecule has 0 aliphatic heterocycles. The van der Waals surface area contributed by atoms with Gasteiger partial charge in [0.25, 0.3) is 0 Å². The monoisotopic (exact) mass is 399 g/mol. The fraction of sp³-hybridized carbons (Fsp3) is 0.278. The SMILES string of the molecule is O=C(CCCc1ccc(Cl)c(Cl)c1)NCCS(=O)(=O)c1ccccc1. The van der Waals surface area contributed by atoms with Gasteiger partial charge in [-0.25, -0.2) is 8.42 Å². The molecule has 0 heterocycles. The van der Waals surface area contributed by atoms with Crippen molar-refractivity contribution in [3.8, 4) is 0 Å². The lowest BCUT2D eigenvalue weighted by atomic mass is 10.1. The highest BCUT2D eigenvalue weighted by atomic mass is 35.5. The van der Waals surface area contributed by atoms with Crippen molar-refractivity contribution in [2.45, 2.75) is 24.2 Å². The number of aryl methyl sites for hydroxylation is 1. The maximum absolute atomic E-state index is 12.1. The number of carbonyl (C=O) groups excluding carboxylic acids is 1. The zero-order valence-electron chi connectivity index (χ0n) is 13.5.